The van der Waals surface area contributed by atoms with Crippen LogP contribution in [0.1, 0.15) is 35.8 Å². The van der Waals surface area contributed by atoms with Gasteiger partial charge in [-0.2, -0.15) is 0 Å². The molecule has 0 radical (unpaired) electrons. The van der Waals surface area contributed by atoms with Crippen molar-refractivity contribution in [2.45, 2.75) is 19.9 Å². The lowest BCUT2D eigenvalue weighted by atomic mass is 10.0. The summed E-state index contributed by atoms with van der Waals surface area (Å²) in [6.45, 7) is 6.34. The minimum absolute atomic E-state index is 0.0148. The number of anilines is 1. The molecule has 0 spiro atoms. The highest BCUT2D eigenvalue weighted by atomic mass is 16.5. The number of nitrogens with one attached hydrogen (secondary N) is 2. The fraction of sp³-hybridized carbons (Fsp3) is 0.333. The van der Waals surface area contributed by atoms with E-state index in [4.69, 9.17) is 10.5 Å². The number of rotatable bonds is 9. The molecule has 0 aliphatic heterocycles. The van der Waals surface area contributed by atoms with E-state index >= 15 is 0 Å². The molecule has 2 aromatic rings. The van der Waals surface area contributed by atoms with Gasteiger partial charge < -0.3 is 21.1 Å². The van der Waals surface area contributed by atoms with Crippen molar-refractivity contribution in [2.24, 2.45) is 5.73 Å². The maximum absolute atomic E-state index is 12.6. The molecule has 0 saturated carbocycles. The minimum Gasteiger partial charge on any atom is -0.497 e. The number of carbonyl (C=O) groups is 2. The normalized spacial score (nSPS) is 11.7. The van der Waals surface area contributed by atoms with Crippen LogP contribution in [0.4, 0.5) is 10.5 Å². The Balaban J connectivity index is 2.16. The third-order valence-corrected chi connectivity index (χ3v) is 4.58. The molecular formula is C21H28N4O3. The van der Waals surface area contributed by atoms with Gasteiger partial charge in [0.25, 0.3) is 5.91 Å². The number of hydrogen-bond donors (Lipinski definition) is 3. The van der Waals surface area contributed by atoms with Crippen LogP contribution in [0.3, 0.4) is 0 Å². The number of primary amides is 1. The lowest BCUT2D eigenvalue weighted by Gasteiger charge is -2.30. The van der Waals surface area contributed by atoms with Crippen molar-refractivity contribution in [3.63, 3.8) is 0 Å². The quantitative estimate of drug-likeness (QED) is 0.619. The van der Waals surface area contributed by atoms with E-state index < -0.39 is 6.03 Å². The van der Waals surface area contributed by atoms with Crippen molar-refractivity contribution in [3.8, 4) is 5.75 Å². The zero-order valence-corrected chi connectivity index (χ0v) is 16.6. The molecular weight excluding hydrogens is 356 g/mol. The Morgan fingerprint density at radius 3 is 2.46 bits per heavy atom. The fourth-order valence-electron chi connectivity index (χ4n) is 3.14. The van der Waals surface area contributed by atoms with Crippen LogP contribution in [0.25, 0.3) is 0 Å². The summed E-state index contributed by atoms with van der Waals surface area (Å²) >= 11 is 0. The maximum Gasteiger partial charge on any atom is 0.316 e. The van der Waals surface area contributed by atoms with Gasteiger partial charge in [-0.05, 0) is 49.0 Å². The van der Waals surface area contributed by atoms with E-state index in [2.05, 4.69) is 29.4 Å². The highest BCUT2D eigenvalue weighted by Crippen LogP contribution is 2.24. The standard InChI is InChI=1S/C21H28N4O3/c1-4-25(5-2)19(15-8-7-11-18(13-15)28-3)14-23-20(26)16-9-6-10-17(12-16)24-21(22)27/h6-13,19H,4-5,14H2,1-3H3,(H,23,26)(H3,22,24,27). The molecule has 1 unspecified atom stereocenters. The summed E-state index contributed by atoms with van der Waals surface area (Å²) in [5, 5.41) is 5.48. The van der Waals surface area contributed by atoms with E-state index in [-0.39, 0.29) is 11.9 Å². The molecule has 1 atom stereocenters. The third kappa shape index (κ3) is 5.72. The molecule has 3 amide bonds. The summed E-state index contributed by atoms with van der Waals surface area (Å²) in [4.78, 5) is 25.9. The minimum atomic E-state index is -0.669. The number of benzene rings is 2. The van der Waals surface area contributed by atoms with Crippen molar-refractivity contribution < 1.29 is 14.3 Å². The first-order valence-corrected chi connectivity index (χ1v) is 9.31. The zero-order chi connectivity index (χ0) is 20.5. The van der Waals surface area contributed by atoms with Gasteiger partial charge >= 0.3 is 6.03 Å². The molecule has 7 heteroatoms. The lowest BCUT2D eigenvalue weighted by Crippen LogP contribution is -2.38. The average Bonchev–Trinajstić information content (AvgIpc) is 2.70. The van der Waals surface area contributed by atoms with Gasteiger partial charge in [-0.3, -0.25) is 9.69 Å². The van der Waals surface area contributed by atoms with Gasteiger partial charge in [0.05, 0.1) is 13.2 Å². The second-order valence-electron chi connectivity index (χ2n) is 6.29. The SMILES string of the molecule is CCN(CC)C(CNC(=O)c1cccc(NC(N)=O)c1)c1cccc(OC)c1. The molecule has 0 aliphatic carbocycles. The molecule has 0 saturated heterocycles. The number of nitrogens with zero attached hydrogens (tertiary/aromatic N) is 1. The van der Waals surface area contributed by atoms with Crippen LogP contribution in [0.5, 0.6) is 5.75 Å². The van der Waals surface area contributed by atoms with Crippen LogP contribution in [0, 0.1) is 0 Å². The molecule has 2 aromatic carbocycles. The third-order valence-electron chi connectivity index (χ3n) is 4.58. The number of urea groups is 1. The number of methoxy groups -OCH3 is 1. The summed E-state index contributed by atoms with van der Waals surface area (Å²) in [5.41, 5.74) is 7.14. The Kier molecular flexibility index (Phi) is 7.83. The molecule has 2 rings (SSSR count). The number of carbonyl (C=O) groups excluding carboxylic acids is 2. The number of nitrogens with two attached hydrogens (primary N) is 1. The molecule has 0 fully saturated rings. The van der Waals surface area contributed by atoms with Crippen molar-refractivity contribution in [1.29, 1.82) is 0 Å². The first-order valence-electron chi connectivity index (χ1n) is 9.31. The Morgan fingerprint density at radius 1 is 1.11 bits per heavy atom. The van der Waals surface area contributed by atoms with Gasteiger partial charge in [0, 0.05) is 17.8 Å². The second-order valence-corrected chi connectivity index (χ2v) is 6.29. The van der Waals surface area contributed by atoms with Crippen LogP contribution < -0.4 is 21.1 Å². The number of amides is 3. The predicted octanol–water partition coefficient (Wildman–Crippen LogP) is 3.00. The molecule has 0 aromatic heterocycles. The van der Waals surface area contributed by atoms with E-state index in [1.54, 1.807) is 31.4 Å². The summed E-state index contributed by atoms with van der Waals surface area (Å²) in [6, 6.07) is 13.9. The Morgan fingerprint density at radius 2 is 1.82 bits per heavy atom. The lowest BCUT2D eigenvalue weighted by molar-refractivity contribution is 0.0935. The summed E-state index contributed by atoms with van der Waals surface area (Å²) < 4.78 is 5.34. The van der Waals surface area contributed by atoms with Gasteiger partial charge in [-0.25, -0.2) is 4.79 Å². The van der Waals surface area contributed by atoms with Crippen LogP contribution in [-0.4, -0.2) is 43.6 Å². The smallest absolute Gasteiger partial charge is 0.316 e. The molecule has 150 valence electrons. The first kappa shape index (κ1) is 21.2. The second kappa shape index (κ2) is 10.3. The molecule has 4 N–H and O–H groups in total. The van der Waals surface area contributed by atoms with E-state index in [9.17, 15) is 9.59 Å². The summed E-state index contributed by atoms with van der Waals surface area (Å²) in [5.74, 6) is 0.569. The van der Waals surface area contributed by atoms with Crippen molar-refractivity contribution in [3.05, 3.63) is 59.7 Å². The van der Waals surface area contributed by atoms with E-state index in [1.165, 1.54) is 0 Å². The van der Waals surface area contributed by atoms with Gasteiger partial charge in [0.15, 0.2) is 0 Å². The predicted molar refractivity (Wildman–Crippen MR) is 111 cm³/mol. The highest BCUT2D eigenvalue weighted by molar-refractivity contribution is 5.96. The van der Waals surface area contributed by atoms with E-state index in [1.807, 2.05) is 24.3 Å². The summed E-state index contributed by atoms with van der Waals surface area (Å²) in [7, 11) is 1.64. The Bertz CT molecular complexity index is 806. The molecule has 7 nitrogen and oxygen atoms in total. The van der Waals surface area contributed by atoms with Gasteiger partial charge in [-0.15, -0.1) is 0 Å². The number of ether oxygens (including phenoxy) is 1. The van der Waals surface area contributed by atoms with Crippen molar-refractivity contribution in [1.82, 2.24) is 10.2 Å². The maximum atomic E-state index is 12.6. The van der Waals surface area contributed by atoms with Crippen LogP contribution in [-0.2, 0) is 0 Å². The van der Waals surface area contributed by atoms with Crippen molar-refractivity contribution >= 4 is 17.6 Å². The van der Waals surface area contributed by atoms with Crippen LogP contribution >= 0.6 is 0 Å². The van der Waals surface area contributed by atoms with Crippen molar-refractivity contribution in [2.75, 3.05) is 32.1 Å². The molecule has 0 heterocycles. The van der Waals surface area contributed by atoms with E-state index in [0.29, 0.717) is 17.8 Å². The molecule has 28 heavy (non-hydrogen) atoms. The topological polar surface area (TPSA) is 96.7 Å². The average molecular weight is 384 g/mol. The molecule has 0 aliphatic rings. The monoisotopic (exact) mass is 384 g/mol. The van der Waals surface area contributed by atoms with Gasteiger partial charge in [-0.1, -0.05) is 32.0 Å². The van der Waals surface area contributed by atoms with Gasteiger partial charge in [0.2, 0.25) is 0 Å². The number of likely N-dealkylation sites (N-methyl/N-ethyl adjacent to an activating group) is 1. The van der Waals surface area contributed by atoms with Gasteiger partial charge in [0.1, 0.15) is 5.75 Å². The van der Waals surface area contributed by atoms with Crippen LogP contribution in [0.2, 0.25) is 0 Å². The highest BCUT2D eigenvalue weighted by Gasteiger charge is 2.20. The Hall–Kier alpha value is -3.06. The Labute approximate surface area is 165 Å². The zero-order valence-electron chi connectivity index (χ0n) is 16.6. The molecule has 0 bridgehead atoms. The summed E-state index contributed by atoms with van der Waals surface area (Å²) in [6.07, 6.45) is 0. The van der Waals surface area contributed by atoms with Crippen LogP contribution in [0.15, 0.2) is 48.5 Å². The first-order chi connectivity index (χ1) is 13.5. The largest absolute Gasteiger partial charge is 0.497 e. The fourth-order valence-corrected chi connectivity index (χ4v) is 3.14. The number of hydrogen-bond acceptors (Lipinski definition) is 4. The van der Waals surface area contributed by atoms with E-state index in [0.717, 1.165) is 24.4 Å².